The third-order valence-electron chi connectivity index (χ3n) is 6.28. The van der Waals surface area contributed by atoms with Crippen LogP contribution in [0.5, 0.6) is 17.2 Å². The third kappa shape index (κ3) is 6.01. The van der Waals surface area contributed by atoms with Crippen molar-refractivity contribution in [3.63, 3.8) is 0 Å². The molecule has 1 saturated heterocycles. The number of carbonyl (C=O) groups excluding carboxylic acids is 2. The van der Waals surface area contributed by atoms with E-state index < -0.39 is 84.6 Å². The fourth-order valence-corrected chi connectivity index (χ4v) is 4.17. The number of phenols is 3. The number of carbonyl (C=O) groups is 2. The molecule has 2 aliphatic rings. The van der Waals surface area contributed by atoms with Crippen molar-refractivity contribution in [3.8, 4) is 17.2 Å². The molecule has 0 aromatic heterocycles. The fourth-order valence-electron chi connectivity index (χ4n) is 4.17. The van der Waals surface area contributed by atoms with Crippen molar-refractivity contribution >= 4 is 11.9 Å². The van der Waals surface area contributed by atoms with Gasteiger partial charge < -0.3 is 59.4 Å². The van der Waals surface area contributed by atoms with E-state index in [1.54, 1.807) is 0 Å². The highest BCUT2D eigenvalue weighted by atomic mass is 16.8. The summed E-state index contributed by atoms with van der Waals surface area (Å²) in [6.07, 6.45) is -6.49. The monoisotopic (exact) mass is 542 g/mol. The van der Waals surface area contributed by atoms with E-state index in [1.165, 1.54) is 6.08 Å². The summed E-state index contributed by atoms with van der Waals surface area (Å²) < 4.78 is 26.6. The molecule has 0 spiro atoms. The van der Waals surface area contributed by atoms with Crippen molar-refractivity contribution in [1.82, 2.24) is 0 Å². The largest absolute Gasteiger partial charge is 0.504 e. The average molecular weight is 542 g/mol. The molecular weight excluding hydrogens is 512 g/mol. The molecule has 14 nitrogen and oxygen atoms in total. The van der Waals surface area contributed by atoms with Crippen molar-refractivity contribution < 1.29 is 69.0 Å². The Labute approximate surface area is 216 Å². The van der Waals surface area contributed by atoms with Crippen LogP contribution in [0.25, 0.3) is 0 Å². The van der Waals surface area contributed by atoms with E-state index in [0.29, 0.717) is 0 Å². The molecule has 7 N–H and O–H groups in total. The molecule has 8 atom stereocenters. The lowest BCUT2D eigenvalue weighted by Crippen LogP contribution is -2.60. The van der Waals surface area contributed by atoms with Gasteiger partial charge in [0.1, 0.15) is 24.4 Å². The Morgan fingerprint density at radius 1 is 1.03 bits per heavy atom. The van der Waals surface area contributed by atoms with Crippen LogP contribution in [0, 0.1) is 11.8 Å². The SMILES string of the molecule is C=C[C@H]1[C@H](O[C@@H]2O[C@H](CO)[C@@H](O)[C@H](O)[C@H]2O)OC=C(C(=O)OC)[C@@H]1CCOC(=O)c1cc(O)c(O)c(O)c1. The molecule has 0 radical (unpaired) electrons. The van der Waals surface area contributed by atoms with Crippen LogP contribution in [0.4, 0.5) is 0 Å². The Morgan fingerprint density at radius 3 is 2.26 bits per heavy atom. The molecule has 14 heteroatoms. The zero-order valence-electron chi connectivity index (χ0n) is 20.2. The van der Waals surface area contributed by atoms with Gasteiger partial charge in [0.25, 0.3) is 0 Å². The molecule has 1 aromatic carbocycles. The maximum absolute atomic E-state index is 12.4. The number of hydrogen-bond donors (Lipinski definition) is 7. The Balaban J connectivity index is 1.75. The Bertz CT molecular complexity index is 1030. The number of ether oxygens (including phenoxy) is 5. The number of methoxy groups -OCH3 is 1. The maximum atomic E-state index is 12.4. The lowest BCUT2D eigenvalue weighted by atomic mass is 9.82. The molecule has 2 heterocycles. The molecule has 38 heavy (non-hydrogen) atoms. The lowest BCUT2D eigenvalue weighted by Gasteiger charge is -2.43. The molecule has 210 valence electrons. The molecule has 1 fully saturated rings. The van der Waals surface area contributed by atoms with Gasteiger partial charge in [-0.25, -0.2) is 9.59 Å². The van der Waals surface area contributed by atoms with Crippen LogP contribution in [0.3, 0.4) is 0 Å². The number of hydrogen-bond acceptors (Lipinski definition) is 14. The van der Waals surface area contributed by atoms with E-state index in [-0.39, 0.29) is 24.2 Å². The first-order chi connectivity index (χ1) is 18.0. The van der Waals surface area contributed by atoms with E-state index in [9.17, 15) is 45.3 Å². The third-order valence-corrected chi connectivity index (χ3v) is 6.28. The van der Waals surface area contributed by atoms with Crippen LogP contribution in [0.15, 0.2) is 36.6 Å². The van der Waals surface area contributed by atoms with Gasteiger partial charge >= 0.3 is 11.9 Å². The number of aliphatic hydroxyl groups excluding tert-OH is 4. The van der Waals surface area contributed by atoms with Crippen molar-refractivity contribution in [1.29, 1.82) is 0 Å². The first-order valence-electron chi connectivity index (χ1n) is 11.5. The maximum Gasteiger partial charge on any atom is 0.338 e. The molecule has 3 rings (SSSR count). The van der Waals surface area contributed by atoms with Crippen LogP contribution >= 0.6 is 0 Å². The highest BCUT2D eigenvalue weighted by Crippen LogP contribution is 2.38. The zero-order valence-corrected chi connectivity index (χ0v) is 20.2. The van der Waals surface area contributed by atoms with Gasteiger partial charge in [0.2, 0.25) is 6.29 Å². The van der Waals surface area contributed by atoms with Gasteiger partial charge in [-0.15, -0.1) is 6.58 Å². The zero-order chi connectivity index (χ0) is 28.1. The van der Waals surface area contributed by atoms with Gasteiger partial charge in [-0.1, -0.05) is 6.08 Å². The van der Waals surface area contributed by atoms with E-state index in [2.05, 4.69) is 6.58 Å². The summed E-state index contributed by atoms with van der Waals surface area (Å²) in [6.45, 7) is 2.80. The molecule has 0 saturated carbocycles. The second-order valence-corrected chi connectivity index (χ2v) is 8.61. The first kappa shape index (κ1) is 29.2. The number of aromatic hydroxyl groups is 3. The second kappa shape index (κ2) is 12.4. The smallest absolute Gasteiger partial charge is 0.338 e. The summed E-state index contributed by atoms with van der Waals surface area (Å²) in [5, 5.41) is 68.4. The van der Waals surface area contributed by atoms with Crippen molar-refractivity contribution in [2.45, 2.75) is 43.4 Å². The second-order valence-electron chi connectivity index (χ2n) is 8.61. The summed E-state index contributed by atoms with van der Waals surface area (Å²) >= 11 is 0. The van der Waals surface area contributed by atoms with Gasteiger partial charge in [-0.3, -0.25) is 0 Å². The van der Waals surface area contributed by atoms with Gasteiger partial charge in [0.05, 0.1) is 37.7 Å². The summed E-state index contributed by atoms with van der Waals surface area (Å²) in [6, 6.07) is 1.81. The standard InChI is InChI=1S/C24H30O14/c1-3-11-12(4-5-35-21(32)10-6-14(26)17(28)15(27)7-10)13(22(33)34-2)9-36-23(11)38-24-20(31)19(30)18(29)16(8-25)37-24/h3,6-7,9,11-12,16,18-20,23-31H,1,4-5,8H2,2H3/t11-,12-,16-,18-,19+,20-,23+,24+/m1/s1. The minimum absolute atomic E-state index is 0.0112. The van der Waals surface area contributed by atoms with Crippen LogP contribution in [0.2, 0.25) is 0 Å². The van der Waals surface area contributed by atoms with Crippen molar-refractivity contribution in [3.05, 3.63) is 42.2 Å². The van der Waals surface area contributed by atoms with Crippen molar-refractivity contribution in [2.24, 2.45) is 11.8 Å². The highest BCUT2D eigenvalue weighted by molar-refractivity contribution is 5.91. The van der Waals surface area contributed by atoms with E-state index >= 15 is 0 Å². The summed E-state index contributed by atoms with van der Waals surface area (Å²) in [7, 11) is 1.16. The predicted molar refractivity (Wildman–Crippen MR) is 123 cm³/mol. The van der Waals surface area contributed by atoms with Crippen LogP contribution in [-0.4, -0.2) is 105 Å². The van der Waals surface area contributed by atoms with Crippen LogP contribution in [0.1, 0.15) is 16.8 Å². The Morgan fingerprint density at radius 2 is 1.68 bits per heavy atom. The highest BCUT2D eigenvalue weighted by Gasteiger charge is 2.47. The number of rotatable bonds is 9. The first-order valence-corrected chi connectivity index (χ1v) is 11.5. The fraction of sp³-hybridized carbons (Fsp3) is 0.500. The Kier molecular flexibility index (Phi) is 9.54. The van der Waals surface area contributed by atoms with Gasteiger partial charge in [0.15, 0.2) is 23.5 Å². The Hall–Kier alpha value is -3.40. The molecule has 0 amide bonds. The van der Waals surface area contributed by atoms with E-state index in [4.69, 9.17) is 23.7 Å². The topological polar surface area (TPSA) is 222 Å². The molecule has 0 unspecified atom stereocenters. The van der Waals surface area contributed by atoms with Gasteiger partial charge in [0, 0.05) is 11.8 Å². The molecule has 2 aliphatic heterocycles. The van der Waals surface area contributed by atoms with E-state index in [1.807, 2.05) is 0 Å². The van der Waals surface area contributed by atoms with Gasteiger partial charge in [-0.05, 0) is 18.6 Å². The lowest BCUT2D eigenvalue weighted by molar-refractivity contribution is -0.339. The molecular formula is C24H30O14. The normalized spacial score (nSPS) is 31.0. The summed E-state index contributed by atoms with van der Waals surface area (Å²) in [4.78, 5) is 24.8. The number of phenolic OH excluding ortho intramolecular Hbond substituents is 3. The molecule has 1 aromatic rings. The number of aliphatic hydroxyl groups is 4. The number of benzene rings is 1. The quantitative estimate of drug-likeness (QED) is 0.113. The minimum atomic E-state index is -1.70. The molecule has 0 aliphatic carbocycles. The molecule has 0 bridgehead atoms. The minimum Gasteiger partial charge on any atom is -0.504 e. The van der Waals surface area contributed by atoms with Crippen LogP contribution < -0.4 is 0 Å². The van der Waals surface area contributed by atoms with E-state index in [0.717, 1.165) is 25.5 Å². The number of esters is 2. The summed E-state index contributed by atoms with van der Waals surface area (Å²) in [5.74, 6) is -5.48. The van der Waals surface area contributed by atoms with Gasteiger partial charge in [-0.2, -0.15) is 0 Å². The average Bonchev–Trinajstić information content (AvgIpc) is 2.91. The van der Waals surface area contributed by atoms with Crippen molar-refractivity contribution in [2.75, 3.05) is 20.3 Å². The van der Waals surface area contributed by atoms with Crippen LogP contribution in [-0.2, 0) is 28.5 Å². The predicted octanol–water partition coefficient (Wildman–Crippen LogP) is -1.00. The summed E-state index contributed by atoms with van der Waals surface area (Å²) in [5.41, 5.74) is -0.181.